The predicted molar refractivity (Wildman–Crippen MR) is 125 cm³/mol. The van der Waals surface area contributed by atoms with Gasteiger partial charge >= 0.3 is 5.97 Å². The van der Waals surface area contributed by atoms with Crippen molar-refractivity contribution >= 4 is 28.9 Å². The molecule has 33 heavy (non-hydrogen) atoms. The number of ether oxygens (including phenoxy) is 2. The highest BCUT2D eigenvalue weighted by Gasteiger charge is 2.36. The molecular weight excluding hydrogens is 445 g/mol. The number of unbranched alkanes of at least 4 members (excludes halogenated alkanes) is 1. The van der Waals surface area contributed by atoms with E-state index in [9.17, 15) is 19.1 Å². The highest BCUT2D eigenvalue weighted by Crippen LogP contribution is 2.51. The topological polar surface area (TPSA) is 84.9 Å². The first-order chi connectivity index (χ1) is 15.9. The number of carbonyl (C=O) groups excluding carboxylic acids is 1. The molecule has 1 aliphatic heterocycles. The number of hydrogen-bond acceptors (Lipinski definition) is 5. The van der Waals surface area contributed by atoms with Gasteiger partial charge in [0.1, 0.15) is 10.7 Å². The number of aromatic carboxylic acids is 1. The molecule has 1 amide bonds. The summed E-state index contributed by atoms with van der Waals surface area (Å²) in [5.74, 6) is -1.04. The van der Waals surface area contributed by atoms with E-state index in [4.69, 9.17) is 9.47 Å². The number of fused-ring (bicyclic) bond motifs is 1. The van der Waals surface area contributed by atoms with Crippen LogP contribution < -0.4 is 14.8 Å². The van der Waals surface area contributed by atoms with E-state index in [0.29, 0.717) is 34.9 Å². The van der Waals surface area contributed by atoms with Crippen LogP contribution in [0, 0.1) is 5.82 Å². The number of para-hydroxylation sites is 1. The van der Waals surface area contributed by atoms with Crippen molar-refractivity contribution in [3.05, 3.63) is 63.6 Å². The molecule has 2 aromatic carbocycles. The van der Waals surface area contributed by atoms with Gasteiger partial charge in [-0.1, -0.05) is 37.6 Å². The minimum Gasteiger partial charge on any atom is -0.493 e. The van der Waals surface area contributed by atoms with Crippen LogP contribution >= 0.6 is 11.3 Å². The molecule has 1 aromatic heterocycles. The van der Waals surface area contributed by atoms with Gasteiger partial charge in [-0.25, -0.2) is 9.18 Å². The molecule has 0 aliphatic carbocycles. The number of nitrogens with one attached hydrogen (secondary N) is 1. The number of hydrogen-bond donors (Lipinski definition) is 2. The van der Waals surface area contributed by atoms with Crippen molar-refractivity contribution in [3.8, 4) is 22.6 Å². The van der Waals surface area contributed by atoms with E-state index in [-0.39, 0.29) is 17.2 Å². The fraction of sp³-hybridized carbons (Fsp3) is 0.280. The van der Waals surface area contributed by atoms with Crippen LogP contribution in [0.2, 0.25) is 0 Å². The summed E-state index contributed by atoms with van der Waals surface area (Å²) in [6.45, 7) is 2.57. The normalized spacial score (nSPS) is 15.0. The molecule has 0 fully saturated rings. The number of rotatable bonds is 8. The number of benzene rings is 2. The Hall–Kier alpha value is -3.39. The van der Waals surface area contributed by atoms with Crippen LogP contribution in [0.4, 0.5) is 10.1 Å². The second kappa shape index (κ2) is 9.62. The molecule has 0 radical (unpaired) electrons. The maximum atomic E-state index is 13.5. The summed E-state index contributed by atoms with van der Waals surface area (Å²) < 4.78 is 25.1. The maximum Gasteiger partial charge on any atom is 0.346 e. The van der Waals surface area contributed by atoms with Crippen molar-refractivity contribution < 1.29 is 28.6 Å². The van der Waals surface area contributed by atoms with Crippen LogP contribution in [-0.2, 0) is 4.79 Å². The Morgan fingerprint density at radius 3 is 2.67 bits per heavy atom. The summed E-state index contributed by atoms with van der Waals surface area (Å²) in [5, 5.41) is 12.8. The molecule has 3 aromatic rings. The molecule has 6 nitrogen and oxygen atoms in total. The molecule has 172 valence electrons. The third-order valence-corrected chi connectivity index (χ3v) is 6.87. The number of anilines is 1. The van der Waals surface area contributed by atoms with Gasteiger partial charge in [-0.2, -0.15) is 0 Å². The lowest BCUT2D eigenvalue weighted by Crippen LogP contribution is -2.23. The number of thiophene rings is 1. The Bertz CT molecular complexity index is 1190. The fourth-order valence-corrected chi connectivity index (χ4v) is 5.26. The minimum absolute atomic E-state index is 0.0927. The van der Waals surface area contributed by atoms with E-state index in [1.54, 1.807) is 13.2 Å². The van der Waals surface area contributed by atoms with Crippen molar-refractivity contribution in [3.63, 3.8) is 0 Å². The van der Waals surface area contributed by atoms with Crippen LogP contribution in [0.15, 0.2) is 42.5 Å². The molecule has 0 saturated carbocycles. The average Bonchev–Trinajstić information content (AvgIpc) is 3.19. The number of methoxy groups -OCH3 is 1. The molecule has 4 rings (SSSR count). The van der Waals surface area contributed by atoms with Crippen molar-refractivity contribution in [1.82, 2.24) is 0 Å². The standard InChI is InChI=1S/C25H24FNO5S/c1-3-4-12-32-22-16(6-5-7-18(22)31-2)17-13-19(28)27-21-20(14-8-10-15(26)11-9-14)24(25(29)30)33-23(17)21/h5-11,17H,3-4,12-13H2,1-2H3,(H,27,28)(H,29,30). The van der Waals surface area contributed by atoms with Gasteiger partial charge in [0.25, 0.3) is 0 Å². The van der Waals surface area contributed by atoms with E-state index in [1.165, 1.54) is 24.3 Å². The van der Waals surface area contributed by atoms with Gasteiger partial charge in [0.2, 0.25) is 5.91 Å². The molecule has 8 heteroatoms. The molecule has 0 bridgehead atoms. The largest absolute Gasteiger partial charge is 0.493 e. The molecule has 0 spiro atoms. The van der Waals surface area contributed by atoms with Gasteiger partial charge in [-0.15, -0.1) is 11.3 Å². The average molecular weight is 470 g/mol. The van der Waals surface area contributed by atoms with Gasteiger partial charge in [-0.3, -0.25) is 4.79 Å². The van der Waals surface area contributed by atoms with E-state index in [2.05, 4.69) is 12.2 Å². The number of halogens is 1. The summed E-state index contributed by atoms with van der Waals surface area (Å²) >= 11 is 1.12. The Balaban J connectivity index is 1.89. The van der Waals surface area contributed by atoms with Gasteiger partial charge in [-0.05, 0) is 30.2 Å². The molecule has 2 N–H and O–H groups in total. The number of carboxylic acids is 1. The smallest absolute Gasteiger partial charge is 0.346 e. The quantitative estimate of drug-likeness (QED) is 0.401. The molecule has 2 heterocycles. The molecule has 0 saturated heterocycles. The van der Waals surface area contributed by atoms with Gasteiger partial charge < -0.3 is 19.9 Å². The summed E-state index contributed by atoms with van der Waals surface area (Å²) in [7, 11) is 1.56. The Morgan fingerprint density at radius 2 is 2.00 bits per heavy atom. The van der Waals surface area contributed by atoms with Crippen molar-refractivity contribution in [2.75, 3.05) is 19.0 Å². The second-order valence-electron chi connectivity index (χ2n) is 7.74. The van der Waals surface area contributed by atoms with Crippen LogP contribution in [0.1, 0.15) is 52.2 Å². The second-order valence-corrected chi connectivity index (χ2v) is 8.80. The monoisotopic (exact) mass is 469 g/mol. The molecule has 1 unspecified atom stereocenters. The SMILES string of the molecule is CCCCOc1c(OC)cccc1C1CC(=O)Nc2c1sc(C(=O)O)c2-c1ccc(F)cc1. The van der Waals surface area contributed by atoms with Crippen LogP contribution in [-0.4, -0.2) is 30.7 Å². The van der Waals surface area contributed by atoms with Crippen LogP contribution in [0.25, 0.3) is 11.1 Å². The third-order valence-electron chi connectivity index (χ3n) is 5.58. The number of amides is 1. The first-order valence-corrected chi connectivity index (χ1v) is 11.5. The minimum atomic E-state index is -1.10. The highest BCUT2D eigenvalue weighted by atomic mass is 32.1. The van der Waals surface area contributed by atoms with E-state index < -0.39 is 17.7 Å². The lowest BCUT2D eigenvalue weighted by atomic mass is 9.88. The fourth-order valence-electron chi connectivity index (χ4n) is 4.02. The van der Waals surface area contributed by atoms with Crippen LogP contribution in [0.5, 0.6) is 11.5 Å². The first-order valence-electron chi connectivity index (χ1n) is 10.7. The van der Waals surface area contributed by atoms with Gasteiger partial charge in [0.05, 0.1) is 19.4 Å². The van der Waals surface area contributed by atoms with Crippen molar-refractivity contribution in [2.24, 2.45) is 0 Å². The number of carbonyl (C=O) groups is 2. The van der Waals surface area contributed by atoms with E-state index >= 15 is 0 Å². The Kier molecular flexibility index (Phi) is 6.65. The van der Waals surface area contributed by atoms with Crippen LogP contribution in [0.3, 0.4) is 0 Å². The molecule has 1 atom stereocenters. The Morgan fingerprint density at radius 1 is 1.24 bits per heavy atom. The van der Waals surface area contributed by atoms with E-state index in [1.807, 2.05) is 12.1 Å². The van der Waals surface area contributed by atoms with Gasteiger partial charge in [0, 0.05) is 28.3 Å². The zero-order chi connectivity index (χ0) is 23.5. The molecule has 1 aliphatic rings. The lowest BCUT2D eigenvalue weighted by Gasteiger charge is -2.26. The zero-order valence-electron chi connectivity index (χ0n) is 18.3. The Labute approximate surface area is 195 Å². The summed E-state index contributed by atoms with van der Waals surface area (Å²) in [5.41, 5.74) is 2.13. The summed E-state index contributed by atoms with van der Waals surface area (Å²) in [4.78, 5) is 25.7. The highest BCUT2D eigenvalue weighted by molar-refractivity contribution is 7.15. The zero-order valence-corrected chi connectivity index (χ0v) is 19.1. The van der Waals surface area contributed by atoms with Crippen molar-refractivity contribution in [2.45, 2.75) is 32.1 Å². The lowest BCUT2D eigenvalue weighted by molar-refractivity contribution is -0.116. The van der Waals surface area contributed by atoms with Gasteiger partial charge in [0.15, 0.2) is 11.5 Å². The number of carboxylic acid groups (broad SMARTS) is 1. The molecular formula is C25H24FNO5S. The maximum absolute atomic E-state index is 13.5. The first kappa shape index (κ1) is 22.8. The third kappa shape index (κ3) is 4.43. The van der Waals surface area contributed by atoms with E-state index in [0.717, 1.165) is 34.6 Å². The van der Waals surface area contributed by atoms with Crippen molar-refractivity contribution in [1.29, 1.82) is 0 Å². The predicted octanol–water partition coefficient (Wildman–Crippen LogP) is 5.91. The summed E-state index contributed by atoms with van der Waals surface area (Å²) in [6.07, 6.45) is 1.98. The summed E-state index contributed by atoms with van der Waals surface area (Å²) in [6, 6.07) is 11.1.